The standard InChI is InChI=1S/C9H10N2O4/c1-6-2-3-8(12)7(4-6)10-9(13)5-11(14)15/h2-4,12H,5H2,1H3,(H,10,13). The predicted molar refractivity (Wildman–Crippen MR) is 53.3 cm³/mol. The van der Waals surface area contributed by atoms with E-state index in [0.717, 1.165) is 5.56 Å². The van der Waals surface area contributed by atoms with E-state index in [9.17, 15) is 20.0 Å². The van der Waals surface area contributed by atoms with Crippen LogP contribution in [0.4, 0.5) is 5.69 Å². The molecule has 80 valence electrons. The molecule has 0 fully saturated rings. The van der Waals surface area contributed by atoms with E-state index in [4.69, 9.17) is 0 Å². The molecule has 2 N–H and O–H groups in total. The number of rotatable bonds is 3. The van der Waals surface area contributed by atoms with Crippen molar-refractivity contribution in [2.75, 3.05) is 11.9 Å². The van der Waals surface area contributed by atoms with Crippen LogP contribution in [-0.2, 0) is 4.79 Å². The third-order valence-corrected chi connectivity index (χ3v) is 1.70. The molecule has 0 saturated heterocycles. The number of phenolic OH excluding ortho intramolecular Hbond substituents is 1. The van der Waals surface area contributed by atoms with Gasteiger partial charge in [-0.3, -0.25) is 14.9 Å². The normalized spacial score (nSPS) is 9.67. The van der Waals surface area contributed by atoms with Gasteiger partial charge in [-0.05, 0) is 24.6 Å². The van der Waals surface area contributed by atoms with Gasteiger partial charge in [-0.25, -0.2) is 0 Å². The van der Waals surface area contributed by atoms with Crippen LogP contribution in [0.15, 0.2) is 18.2 Å². The minimum absolute atomic E-state index is 0.114. The Morgan fingerprint density at radius 1 is 1.60 bits per heavy atom. The van der Waals surface area contributed by atoms with Gasteiger partial charge in [-0.1, -0.05) is 6.07 Å². The third kappa shape index (κ3) is 3.26. The van der Waals surface area contributed by atoms with Crippen LogP contribution < -0.4 is 5.32 Å². The number of phenols is 1. The molecule has 1 rings (SSSR count). The molecule has 6 nitrogen and oxygen atoms in total. The Hall–Kier alpha value is -2.11. The van der Waals surface area contributed by atoms with E-state index in [1.807, 2.05) is 0 Å². The molecule has 1 amide bonds. The Bertz CT molecular complexity index is 403. The van der Waals surface area contributed by atoms with Crippen molar-refractivity contribution in [2.45, 2.75) is 6.92 Å². The molecule has 15 heavy (non-hydrogen) atoms. The smallest absolute Gasteiger partial charge is 0.296 e. The lowest BCUT2D eigenvalue weighted by molar-refractivity contribution is -0.467. The Morgan fingerprint density at radius 3 is 2.87 bits per heavy atom. The largest absolute Gasteiger partial charge is 0.506 e. The van der Waals surface area contributed by atoms with Crippen molar-refractivity contribution in [2.24, 2.45) is 0 Å². The summed E-state index contributed by atoms with van der Waals surface area (Å²) in [6.07, 6.45) is 0. The number of aryl methyl sites for hydroxylation is 1. The predicted octanol–water partition coefficient (Wildman–Crippen LogP) is 0.916. The Kier molecular flexibility index (Phi) is 3.22. The summed E-state index contributed by atoms with van der Waals surface area (Å²) in [6.45, 7) is 0.968. The average Bonchev–Trinajstić information content (AvgIpc) is 2.10. The van der Waals surface area contributed by atoms with Crippen molar-refractivity contribution in [3.8, 4) is 5.75 Å². The van der Waals surface area contributed by atoms with Crippen LogP contribution in [0.1, 0.15) is 5.56 Å². The molecule has 0 bridgehead atoms. The number of nitro groups is 1. The minimum Gasteiger partial charge on any atom is -0.506 e. The number of benzene rings is 1. The van der Waals surface area contributed by atoms with E-state index in [2.05, 4.69) is 5.32 Å². The van der Waals surface area contributed by atoms with Gasteiger partial charge in [0.2, 0.25) is 0 Å². The van der Waals surface area contributed by atoms with E-state index in [1.165, 1.54) is 12.1 Å². The van der Waals surface area contributed by atoms with Gasteiger partial charge < -0.3 is 10.4 Å². The van der Waals surface area contributed by atoms with Gasteiger partial charge in [0.25, 0.3) is 12.5 Å². The van der Waals surface area contributed by atoms with Gasteiger partial charge >= 0.3 is 0 Å². The molecule has 0 radical (unpaired) electrons. The second-order valence-corrected chi connectivity index (χ2v) is 3.06. The molecular weight excluding hydrogens is 200 g/mol. The number of aromatic hydroxyl groups is 1. The number of carbonyl (C=O) groups excluding carboxylic acids is 1. The fourth-order valence-electron chi connectivity index (χ4n) is 1.06. The number of anilines is 1. The van der Waals surface area contributed by atoms with Crippen LogP contribution in [0, 0.1) is 17.0 Å². The molecule has 0 heterocycles. The zero-order valence-corrected chi connectivity index (χ0v) is 8.06. The molecule has 6 heteroatoms. The van der Waals surface area contributed by atoms with Crippen molar-refractivity contribution < 1.29 is 14.8 Å². The Morgan fingerprint density at radius 2 is 2.27 bits per heavy atom. The maximum atomic E-state index is 11.0. The lowest BCUT2D eigenvalue weighted by atomic mass is 10.2. The first-order valence-electron chi connectivity index (χ1n) is 4.20. The van der Waals surface area contributed by atoms with Gasteiger partial charge in [0.15, 0.2) is 0 Å². The number of nitrogens with zero attached hydrogens (tertiary/aromatic N) is 1. The van der Waals surface area contributed by atoms with E-state index in [0.29, 0.717) is 0 Å². The first-order valence-corrected chi connectivity index (χ1v) is 4.20. The molecule has 0 saturated carbocycles. The summed E-state index contributed by atoms with van der Waals surface area (Å²) in [5, 5.41) is 21.6. The summed E-state index contributed by atoms with van der Waals surface area (Å²) in [7, 11) is 0. The van der Waals surface area contributed by atoms with Crippen LogP contribution in [0.5, 0.6) is 5.75 Å². The van der Waals surface area contributed by atoms with Gasteiger partial charge in [0.05, 0.1) is 5.69 Å². The van der Waals surface area contributed by atoms with Gasteiger partial charge in [-0.2, -0.15) is 0 Å². The minimum atomic E-state index is -0.812. The summed E-state index contributed by atoms with van der Waals surface area (Å²) in [5.74, 6) is -0.877. The number of hydrogen-bond acceptors (Lipinski definition) is 4. The fraction of sp³-hybridized carbons (Fsp3) is 0.222. The van der Waals surface area contributed by atoms with Crippen molar-refractivity contribution in [1.29, 1.82) is 0 Å². The van der Waals surface area contributed by atoms with Crippen LogP contribution in [0.3, 0.4) is 0 Å². The number of amides is 1. The summed E-state index contributed by atoms with van der Waals surface area (Å²) >= 11 is 0. The van der Waals surface area contributed by atoms with Gasteiger partial charge in [0, 0.05) is 4.92 Å². The van der Waals surface area contributed by atoms with Crippen LogP contribution in [0.25, 0.3) is 0 Å². The molecule has 0 unspecified atom stereocenters. The van der Waals surface area contributed by atoms with Gasteiger partial charge in [-0.15, -0.1) is 0 Å². The molecule has 0 aliphatic heterocycles. The van der Waals surface area contributed by atoms with Crippen molar-refractivity contribution in [3.63, 3.8) is 0 Å². The molecule has 0 aliphatic rings. The number of nitrogens with one attached hydrogen (secondary N) is 1. The van der Waals surface area contributed by atoms with E-state index >= 15 is 0 Å². The molecule has 1 aromatic rings. The van der Waals surface area contributed by atoms with Crippen molar-refractivity contribution in [1.82, 2.24) is 0 Å². The maximum absolute atomic E-state index is 11.0. The van der Waals surface area contributed by atoms with Crippen molar-refractivity contribution >= 4 is 11.6 Å². The highest BCUT2D eigenvalue weighted by molar-refractivity contribution is 5.93. The molecular formula is C9H10N2O4. The molecule has 0 atom stereocenters. The first-order chi connectivity index (χ1) is 6.99. The number of hydrogen-bond donors (Lipinski definition) is 2. The quantitative estimate of drug-likeness (QED) is 0.440. The lowest BCUT2D eigenvalue weighted by Gasteiger charge is -2.05. The van der Waals surface area contributed by atoms with Crippen LogP contribution in [-0.4, -0.2) is 22.5 Å². The lowest BCUT2D eigenvalue weighted by Crippen LogP contribution is -2.21. The Labute approximate surface area is 85.7 Å². The highest BCUT2D eigenvalue weighted by Gasteiger charge is 2.11. The second-order valence-electron chi connectivity index (χ2n) is 3.06. The number of carbonyl (C=O) groups is 1. The fourth-order valence-corrected chi connectivity index (χ4v) is 1.06. The highest BCUT2D eigenvalue weighted by Crippen LogP contribution is 2.23. The summed E-state index contributed by atoms with van der Waals surface area (Å²) in [5.41, 5.74) is 1.02. The first kappa shape index (κ1) is 11.0. The molecule has 0 spiro atoms. The maximum Gasteiger partial charge on any atom is 0.296 e. The summed E-state index contributed by atoms with van der Waals surface area (Å²) in [6, 6.07) is 4.61. The van der Waals surface area contributed by atoms with E-state index < -0.39 is 17.4 Å². The van der Waals surface area contributed by atoms with Gasteiger partial charge in [0.1, 0.15) is 5.75 Å². The summed E-state index contributed by atoms with van der Waals surface area (Å²) < 4.78 is 0. The topological polar surface area (TPSA) is 92.5 Å². The zero-order valence-electron chi connectivity index (χ0n) is 8.06. The van der Waals surface area contributed by atoms with Crippen LogP contribution in [0.2, 0.25) is 0 Å². The summed E-state index contributed by atoms with van der Waals surface area (Å²) in [4.78, 5) is 20.3. The Balaban J connectivity index is 2.76. The van der Waals surface area contributed by atoms with E-state index in [1.54, 1.807) is 13.0 Å². The zero-order chi connectivity index (χ0) is 11.4. The third-order valence-electron chi connectivity index (χ3n) is 1.70. The second kappa shape index (κ2) is 4.41. The molecule has 0 aliphatic carbocycles. The van der Waals surface area contributed by atoms with Crippen LogP contribution >= 0.6 is 0 Å². The highest BCUT2D eigenvalue weighted by atomic mass is 16.6. The van der Waals surface area contributed by atoms with Crippen molar-refractivity contribution in [3.05, 3.63) is 33.9 Å². The molecule has 1 aromatic carbocycles. The average molecular weight is 210 g/mol. The molecule has 0 aromatic heterocycles. The SMILES string of the molecule is Cc1ccc(O)c(NC(=O)C[N+](=O)[O-])c1. The monoisotopic (exact) mass is 210 g/mol. The van der Waals surface area contributed by atoms with E-state index in [-0.39, 0.29) is 11.4 Å².